The van der Waals surface area contributed by atoms with Gasteiger partial charge in [0.1, 0.15) is 0 Å². The van der Waals surface area contributed by atoms with Crippen molar-refractivity contribution in [2.24, 2.45) is 11.7 Å². The number of likely N-dealkylation sites (tertiary alicyclic amines) is 1. The molecule has 1 aliphatic heterocycles. The fraction of sp³-hybridized carbons (Fsp3) is 0.400. The summed E-state index contributed by atoms with van der Waals surface area (Å²) >= 11 is 0. The van der Waals surface area contributed by atoms with Crippen LogP contribution in [0.25, 0.3) is 10.9 Å². The van der Waals surface area contributed by atoms with Crippen LogP contribution in [0.3, 0.4) is 0 Å². The van der Waals surface area contributed by atoms with Crippen molar-refractivity contribution in [3.05, 3.63) is 30.0 Å². The molecule has 2 heterocycles. The van der Waals surface area contributed by atoms with E-state index in [9.17, 15) is 9.59 Å². The van der Waals surface area contributed by atoms with Gasteiger partial charge in [-0.15, -0.1) is 0 Å². The maximum absolute atomic E-state index is 12.6. The minimum atomic E-state index is -0.266. The average Bonchev–Trinajstić information content (AvgIpc) is 2.90. The van der Waals surface area contributed by atoms with E-state index in [2.05, 4.69) is 10.2 Å². The first-order valence-corrected chi connectivity index (χ1v) is 7.16. The van der Waals surface area contributed by atoms with Crippen LogP contribution in [0, 0.1) is 5.92 Å². The summed E-state index contributed by atoms with van der Waals surface area (Å²) in [4.78, 5) is 25.3. The predicted molar refractivity (Wildman–Crippen MR) is 78.5 cm³/mol. The highest BCUT2D eigenvalue weighted by molar-refractivity contribution is 6.04. The van der Waals surface area contributed by atoms with Gasteiger partial charge in [-0.05, 0) is 24.8 Å². The van der Waals surface area contributed by atoms with Crippen molar-refractivity contribution in [2.45, 2.75) is 19.3 Å². The Morgan fingerprint density at radius 2 is 2.00 bits per heavy atom. The first kappa shape index (κ1) is 13.6. The second-order valence-electron chi connectivity index (χ2n) is 5.52. The fourth-order valence-corrected chi connectivity index (χ4v) is 2.90. The third kappa shape index (κ3) is 2.74. The van der Waals surface area contributed by atoms with Gasteiger partial charge in [-0.3, -0.25) is 14.7 Å². The number of piperidine rings is 1. The topological polar surface area (TPSA) is 92.1 Å². The first-order chi connectivity index (χ1) is 10.1. The summed E-state index contributed by atoms with van der Waals surface area (Å²) in [6, 6.07) is 7.60. The lowest BCUT2D eigenvalue weighted by Gasteiger charge is -2.31. The number of fused-ring (bicyclic) bond motifs is 1. The molecule has 6 heteroatoms. The van der Waals surface area contributed by atoms with E-state index in [4.69, 9.17) is 5.73 Å². The van der Waals surface area contributed by atoms with Gasteiger partial charge in [0, 0.05) is 24.9 Å². The zero-order chi connectivity index (χ0) is 14.8. The van der Waals surface area contributed by atoms with Crippen molar-refractivity contribution in [3.63, 3.8) is 0 Å². The van der Waals surface area contributed by atoms with Gasteiger partial charge in [0.25, 0.3) is 5.91 Å². The van der Waals surface area contributed by atoms with E-state index >= 15 is 0 Å². The lowest BCUT2D eigenvalue weighted by Crippen LogP contribution is -2.39. The molecule has 1 fully saturated rings. The number of H-pyrrole nitrogens is 1. The van der Waals surface area contributed by atoms with Crippen LogP contribution in [0.15, 0.2) is 24.3 Å². The summed E-state index contributed by atoms with van der Waals surface area (Å²) in [6.45, 7) is 1.30. The number of amides is 2. The molecule has 3 rings (SSSR count). The Morgan fingerprint density at radius 1 is 1.29 bits per heavy atom. The number of carbonyl (C=O) groups excluding carboxylic acids is 2. The Labute approximate surface area is 122 Å². The molecule has 21 heavy (non-hydrogen) atoms. The monoisotopic (exact) mass is 286 g/mol. The van der Waals surface area contributed by atoms with Crippen LogP contribution in [-0.4, -0.2) is 40.0 Å². The second kappa shape index (κ2) is 5.55. The standard InChI is InChI=1S/C15H18N4O2/c16-13(20)9-10-5-7-19(8-6-10)15(21)14-11-3-1-2-4-12(11)17-18-14/h1-4,10H,5-9H2,(H2,16,20)(H,17,18). The number of hydrogen-bond acceptors (Lipinski definition) is 3. The van der Waals surface area contributed by atoms with Gasteiger partial charge in [-0.2, -0.15) is 5.10 Å². The summed E-state index contributed by atoms with van der Waals surface area (Å²) < 4.78 is 0. The molecule has 0 atom stereocenters. The van der Waals surface area contributed by atoms with Gasteiger partial charge in [-0.25, -0.2) is 0 Å². The molecule has 0 spiro atoms. The maximum Gasteiger partial charge on any atom is 0.274 e. The van der Waals surface area contributed by atoms with Gasteiger partial charge < -0.3 is 10.6 Å². The number of aromatic nitrogens is 2. The van der Waals surface area contributed by atoms with E-state index in [0.717, 1.165) is 23.7 Å². The van der Waals surface area contributed by atoms with Gasteiger partial charge in [0.05, 0.1) is 5.52 Å². The molecular formula is C15H18N4O2. The first-order valence-electron chi connectivity index (χ1n) is 7.16. The largest absolute Gasteiger partial charge is 0.370 e. The molecule has 1 aromatic heterocycles. The quantitative estimate of drug-likeness (QED) is 0.890. The van der Waals surface area contributed by atoms with Crippen molar-refractivity contribution in [2.75, 3.05) is 13.1 Å². The zero-order valence-corrected chi connectivity index (χ0v) is 11.7. The Balaban J connectivity index is 1.71. The lowest BCUT2D eigenvalue weighted by atomic mass is 9.93. The Hall–Kier alpha value is -2.37. The van der Waals surface area contributed by atoms with Gasteiger partial charge in [0.2, 0.25) is 5.91 Å². The van der Waals surface area contributed by atoms with Gasteiger partial charge >= 0.3 is 0 Å². The third-order valence-electron chi connectivity index (χ3n) is 4.06. The molecular weight excluding hydrogens is 268 g/mol. The lowest BCUT2D eigenvalue weighted by molar-refractivity contribution is -0.119. The summed E-state index contributed by atoms with van der Waals surface area (Å²) in [6.07, 6.45) is 2.04. The molecule has 0 unspecified atom stereocenters. The van der Waals surface area contributed by atoms with E-state index in [1.54, 1.807) is 4.90 Å². The molecule has 0 aliphatic carbocycles. The second-order valence-corrected chi connectivity index (χ2v) is 5.52. The van der Waals surface area contributed by atoms with Crippen molar-refractivity contribution in [3.8, 4) is 0 Å². The number of primary amides is 1. The smallest absolute Gasteiger partial charge is 0.274 e. The number of nitrogens with two attached hydrogens (primary N) is 1. The molecule has 1 saturated heterocycles. The molecule has 0 bridgehead atoms. The number of hydrogen-bond donors (Lipinski definition) is 2. The van der Waals surface area contributed by atoms with Crippen LogP contribution in [-0.2, 0) is 4.79 Å². The van der Waals surface area contributed by atoms with Crippen LogP contribution in [0.1, 0.15) is 29.8 Å². The van der Waals surface area contributed by atoms with Gasteiger partial charge in [-0.1, -0.05) is 18.2 Å². The van der Waals surface area contributed by atoms with E-state index in [1.165, 1.54) is 0 Å². The van der Waals surface area contributed by atoms with E-state index in [-0.39, 0.29) is 11.8 Å². The molecule has 2 aromatic rings. The summed E-state index contributed by atoms with van der Waals surface area (Å²) in [5, 5.41) is 7.88. The number of para-hydroxylation sites is 1. The SMILES string of the molecule is NC(=O)CC1CCN(C(=O)c2n[nH]c3ccccc23)CC1. The molecule has 2 amide bonds. The van der Waals surface area contributed by atoms with Crippen LogP contribution in [0.2, 0.25) is 0 Å². The number of rotatable bonds is 3. The minimum absolute atomic E-state index is 0.0509. The fourth-order valence-electron chi connectivity index (χ4n) is 2.90. The zero-order valence-electron chi connectivity index (χ0n) is 11.7. The average molecular weight is 286 g/mol. The van der Waals surface area contributed by atoms with E-state index in [1.807, 2.05) is 24.3 Å². The Bertz CT molecular complexity index is 671. The number of benzene rings is 1. The van der Waals surface area contributed by atoms with Gasteiger partial charge in [0.15, 0.2) is 5.69 Å². The summed E-state index contributed by atoms with van der Waals surface area (Å²) in [5.41, 5.74) is 6.56. The van der Waals surface area contributed by atoms with Crippen molar-refractivity contribution in [1.29, 1.82) is 0 Å². The number of nitrogens with zero attached hydrogens (tertiary/aromatic N) is 2. The Kier molecular flexibility index (Phi) is 3.60. The number of nitrogens with one attached hydrogen (secondary N) is 1. The predicted octanol–water partition coefficient (Wildman–Crippen LogP) is 1.29. The third-order valence-corrected chi connectivity index (χ3v) is 4.06. The van der Waals surface area contributed by atoms with Crippen LogP contribution < -0.4 is 5.73 Å². The van der Waals surface area contributed by atoms with Crippen molar-refractivity contribution < 1.29 is 9.59 Å². The molecule has 0 radical (unpaired) electrons. The van der Waals surface area contributed by atoms with E-state index < -0.39 is 0 Å². The number of carbonyl (C=O) groups is 2. The minimum Gasteiger partial charge on any atom is -0.370 e. The molecule has 0 saturated carbocycles. The molecule has 110 valence electrons. The van der Waals surface area contributed by atoms with Crippen LogP contribution >= 0.6 is 0 Å². The summed E-state index contributed by atoms with van der Waals surface area (Å²) in [5.74, 6) is -0.0227. The van der Waals surface area contributed by atoms with Crippen LogP contribution in [0.4, 0.5) is 0 Å². The van der Waals surface area contributed by atoms with Crippen LogP contribution in [0.5, 0.6) is 0 Å². The summed E-state index contributed by atoms with van der Waals surface area (Å²) in [7, 11) is 0. The normalized spacial score (nSPS) is 16.3. The van der Waals surface area contributed by atoms with E-state index in [0.29, 0.717) is 31.1 Å². The Morgan fingerprint density at radius 3 is 2.71 bits per heavy atom. The van der Waals surface area contributed by atoms with Crippen molar-refractivity contribution in [1.82, 2.24) is 15.1 Å². The molecule has 3 N–H and O–H groups in total. The number of aromatic amines is 1. The molecule has 6 nitrogen and oxygen atoms in total. The maximum atomic E-state index is 12.6. The highest BCUT2D eigenvalue weighted by Gasteiger charge is 2.26. The molecule has 1 aliphatic rings. The highest BCUT2D eigenvalue weighted by atomic mass is 16.2. The van der Waals surface area contributed by atoms with Crippen molar-refractivity contribution >= 4 is 22.7 Å². The highest BCUT2D eigenvalue weighted by Crippen LogP contribution is 2.23. The molecule has 1 aromatic carbocycles.